The topological polar surface area (TPSA) is 171 Å². The number of hydrogen-bond acceptors (Lipinski definition) is 8. The molecule has 0 rings (SSSR count). The Hall–Kier alpha value is -1.50. The molecule has 0 aliphatic carbocycles. The summed E-state index contributed by atoms with van der Waals surface area (Å²) in [5, 5.41) is 25.5. The second kappa shape index (κ2) is 12.8. The van der Waals surface area contributed by atoms with Crippen molar-refractivity contribution < 1.29 is 29.4 Å². The van der Waals surface area contributed by atoms with Crippen LogP contribution in [-0.2, 0) is 19.2 Å². The van der Waals surface area contributed by atoms with Gasteiger partial charge in [0, 0.05) is 11.5 Å². The number of nitrogens with two attached hydrogens (primary N) is 1. The van der Waals surface area contributed by atoms with Gasteiger partial charge in [-0.15, -0.1) is 0 Å². The van der Waals surface area contributed by atoms with Crippen molar-refractivity contribution in [3.05, 3.63) is 0 Å². The Morgan fingerprint density at radius 2 is 1.48 bits per heavy atom. The highest BCUT2D eigenvalue weighted by molar-refractivity contribution is 7.80. The number of carbonyl (C=O) groups excluding carboxylic acids is 3. The van der Waals surface area contributed by atoms with E-state index in [9.17, 15) is 29.4 Å². The number of nitrogens with one attached hydrogen (secondary N) is 3. The second-order valence-electron chi connectivity index (χ2n) is 5.99. The number of hydrogen-bond donors (Lipinski definition) is 8. The third kappa shape index (κ3) is 8.37. The van der Waals surface area contributed by atoms with Crippen molar-refractivity contribution in [2.45, 2.75) is 44.4 Å². The summed E-state index contributed by atoms with van der Waals surface area (Å²) in [4.78, 5) is 47.6. The molecule has 0 aromatic rings. The van der Waals surface area contributed by atoms with Gasteiger partial charge < -0.3 is 31.9 Å². The van der Waals surface area contributed by atoms with Gasteiger partial charge in [0.25, 0.3) is 0 Å². The van der Waals surface area contributed by atoms with Crippen LogP contribution in [0.4, 0.5) is 0 Å². The lowest BCUT2D eigenvalue weighted by molar-refractivity contribution is -0.144. The van der Waals surface area contributed by atoms with E-state index in [2.05, 4.69) is 41.2 Å². The van der Waals surface area contributed by atoms with Crippen LogP contribution in [0.2, 0.25) is 0 Å². The molecule has 7 N–H and O–H groups in total. The summed E-state index contributed by atoms with van der Waals surface area (Å²) in [5.74, 6) is -3.83. The first kappa shape index (κ1) is 25.5. The van der Waals surface area contributed by atoms with Crippen molar-refractivity contribution in [3.63, 3.8) is 0 Å². The fourth-order valence-corrected chi connectivity index (χ4v) is 2.38. The van der Waals surface area contributed by atoms with E-state index in [4.69, 9.17) is 5.73 Å². The summed E-state index contributed by atoms with van der Waals surface area (Å²) in [6, 6.07) is -4.57. The van der Waals surface area contributed by atoms with Gasteiger partial charge in [-0.05, 0) is 5.92 Å². The minimum Gasteiger partial charge on any atom is -0.480 e. The zero-order valence-electron chi connectivity index (χ0n) is 15.2. The van der Waals surface area contributed by atoms with Gasteiger partial charge in [0.05, 0.1) is 12.6 Å². The van der Waals surface area contributed by atoms with Gasteiger partial charge in [0.2, 0.25) is 17.7 Å². The molecule has 0 aromatic heterocycles. The number of carboxylic acid groups (broad SMARTS) is 1. The Kier molecular flexibility index (Phi) is 12.1. The molecule has 0 spiro atoms. The quantitative estimate of drug-likeness (QED) is 0.164. The zero-order chi connectivity index (χ0) is 21.1. The average Bonchev–Trinajstić information content (AvgIpc) is 2.65. The molecule has 156 valence electrons. The molecule has 0 saturated carbocycles. The van der Waals surface area contributed by atoms with Gasteiger partial charge in [-0.25, -0.2) is 4.79 Å². The van der Waals surface area contributed by atoms with E-state index in [-0.39, 0.29) is 17.4 Å². The molecule has 0 heterocycles. The van der Waals surface area contributed by atoms with Crippen molar-refractivity contribution in [2.75, 3.05) is 18.1 Å². The lowest BCUT2D eigenvalue weighted by Crippen LogP contribution is -2.59. The Bertz CT molecular complexity index is 536. The van der Waals surface area contributed by atoms with Crippen LogP contribution in [0.15, 0.2) is 0 Å². The van der Waals surface area contributed by atoms with Crippen molar-refractivity contribution in [3.8, 4) is 0 Å². The van der Waals surface area contributed by atoms with Gasteiger partial charge >= 0.3 is 5.97 Å². The molecule has 12 heteroatoms. The van der Waals surface area contributed by atoms with Crippen molar-refractivity contribution in [2.24, 2.45) is 11.7 Å². The van der Waals surface area contributed by atoms with Gasteiger partial charge in [0.1, 0.15) is 18.1 Å². The molecule has 5 unspecified atom stereocenters. The van der Waals surface area contributed by atoms with Crippen LogP contribution in [-0.4, -0.2) is 76.2 Å². The SMILES string of the molecule is CCC(C)C(NC(=O)C(CO)NC(=O)C(CS)NC(=O)C(N)CS)C(=O)O. The van der Waals surface area contributed by atoms with E-state index in [0.717, 1.165) is 0 Å². The Morgan fingerprint density at radius 3 is 1.89 bits per heavy atom. The highest BCUT2D eigenvalue weighted by Crippen LogP contribution is 2.08. The van der Waals surface area contributed by atoms with E-state index in [1.165, 1.54) is 0 Å². The van der Waals surface area contributed by atoms with E-state index in [0.29, 0.717) is 6.42 Å². The first-order valence-corrected chi connectivity index (χ1v) is 9.61. The number of amides is 3. The standard InChI is InChI=1S/C15H28N4O6S2/c1-3-7(2)11(15(24)25)19-13(22)9(4-20)17-14(23)10(6-27)18-12(21)8(16)5-26/h7-11,20,26-27H,3-6,16H2,1-2H3,(H,17,23)(H,18,21)(H,19,22)(H,24,25). The monoisotopic (exact) mass is 424 g/mol. The molecule has 0 bridgehead atoms. The van der Waals surface area contributed by atoms with Gasteiger partial charge in [-0.3, -0.25) is 14.4 Å². The van der Waals surface area contributed by atoms with Crippen molar-refractivity contribution in [1.82, 2.24) is 16.0 Å². The Balaban J connectivity index is 5.01. The predicted molar refractivity (Wildman–Crippen MR) is 106 cm³/mol. The fourth-order valence-electron chi connectivity index (χ4n) is 1.96. The first-order valence-electron chi connectivity index (χ1n) is 8.34. The third-order valence-corrected chi connectivity index (χ3v) is 4.70. The summed E-state index contributed by atoms with van der Waals surface area (Å²) >= 11 is 7.87. The van der Waals surface area contributed by atoms with Crippen molar-refractivity contribution >= 4 is 48.9 Å². The highest BCUT2D eigenvalue weighted by atomic mass is 32.1. The molecule has 0 aliphatic heterocycles. The number of aliphatic hydroxyl groups excluding tert-OH is 1. The predicted octanol–water partition coefficient (Wildman–Crippen LogP) is -2.25. The molecule has 0 saturated heterocycles. The summed E-state index contributed by atoms with van der Waals surface area (Å²) in [6.07, 6.45) is 0.507. The minimum atomic E-state index is -1.39. The maximum atomic E-state index is 12.3. The number of carboxylic acids is 1. The number of aliphatic carboxylic acids is 1. The maximum Gasteiger partial charge on any atom is 0.326 e. The average molecular weight is 425 g/mol. The summed E-state index contributed by atoms with van der Waals surface area (Å²) < 4.78 is 0. The summed E-state index contributed by atoms with van der Waals surface area (Å²) in [7, 11) is 0. The molecule has 0 aromatic carbocycles. The van der Waals surface area contributed by atoms with Crippen LogP contribution in [0.5, 0.6) is 0 Å². The van der Waals surface area contributed by atoms with E-state index in [1.807, 2.05) is 0 Å². The fraction of sp³-hybridized carbons (Fsp3) is 0.733. The third-order valence-electron chi connectivity index (χ3n) is 3.94. The normalized spacial score (nSPS) is 16.4. The van der Waals surface area contributed by atoms with Crippen LogP contribution in [0.1, 0.15) is 20.3 Å². The number of carbonyl (C=O) groups is 4. The van der Waals surface area contributed by atoms with Crippen molar-refractivity contribution in [1.29, 1.82) is 0 Å². The second-order valence-corrected chi connectivity index (χ2v) is 6.72. The highest BCUT2D eigenvalue weighted by Gasteiger charge is 2.31. The minimum absolute atomic E-state index is 0.0700. The van der Waals surface area contributed by atoms with Gasteiger partial charge in [0.15, 0.2) is 0 Å². The smallest absolute Gasteiger partial charge is 0.326 e. The van der Waals surface area contributed by atoms with E-state index < -0.39 is 54.5 Å². The largest absolute Gasteiger partial charge is 0.480 e. The van der Waals surface area contributed by atoms with Crippen LogP contribution in [0.3, 0.4) is 0 Å². The molecule has 3 amide bonds. The maximum absolute atomic E-state index is 12.3. The van der Waals surface area contributed by atoms with Gasteiger partial charge in [-0.2, -0.15) is 25.3 Å². The van der Waals surface area contributed by atoms with Crippen LogP contribution >= 0.6 is 25.3 Å². The molecule has 10 nitrogen and oxygen atoms in total. The van der Waals surface area contributed by atoms with Crippen LogP contribution in [0.25, 0.3) is 0 Å². The van der Waals surface area contributed by atoms with Crippen LogP contribution in [0, 0.1) is 5.92 Å². The molecule has 0 radical (unpaired) electrons. The molecule has 5 atom stereocenters. The summed E-state index contributed by atoms with van der Waals surface area (Å²) in [5.41, 5.74) is 5.52. The van der Waals surface area contributed by atoms with Gasteiger partial charge in [-0.1, -0.05) is 20.3 Å². The van der Waals surface area contributed by atoms with E-state index in [1.54, 1.807) is 13.8 Å². The summed E-state index contributed by atoms with van der Waals surface area (Å²) in [6.45, 7) is 2.67. The number of aliphatic hydroxyl groups is 1. The molecular formula is C15H28N4O6S2. The molecular weight excluding hydrogens is 396 g/mol. The number of rotatable bonds is 12. The van der Waals surface area contributed by atoms with Crippen LogP contribution < -0.4 is 21.7 Å². The Labute approximate surface area is 168 Å². The lowest BCUT2D eigenvalue weighted by Gasteiger charge is -2.25. The molecule has 0 aliphatic rings. The Morgan fingerprint density at radius 1 is 0.963 bits per heavy atom. The molecule has 0 fully saturated rings. The lowest BCUT2D eigenvalue weighted by atomic mass is 9.99. The number of thiol groups is 2. The van der Waals surface area contributed by atoms with E-state index >= 15 is 0 Å². The zero-order valence-corrected chi connectivity index (χ0v) is 17.0. The first-order chi connectivity index (χ1) is 12.6. The molecule has 27 heavy (non-hydrogen) atoms.